The maximum atomic E-state index is 12.3. The fraction of sp³-hybridized carbons (Fsp3) is 0.429. The lowest BCUT2D eigenvalue weighted by Gasteiger charge is -2.21. The molecule has 0 bridgehead atoms. The van der Waals surface area contributed by atoms with E-state index in [0.29, 0.717) is 0 Å². The van der Waals surface area contributed by atoms with Crippen LogP contribution in [0.1, 0.15) is 17.3 Å². The average Bonchev–Trinajstić information content (AvgIpc) is 2.52. The van der Waals surface area contributed by atoms with E-state index in [2.05, 4.69) is 4.72 Å². The summed E-state index contributed by atoms with van der Waals surface area (Å²) in [6.45, 7) is 1.69. The molecule has 0 radical (unpaired) electrons. The minimum atomic E-state index is -3.77. The van der Waals surface area contributed by atoms with Gasteiger partial charge < -0.3 is 14.7 Å². The molecule has 1 unspecified atom stereocenters. The van der Waals surface area contributed by atoms with Gasteiger partial charge in [-0.2, -0.15) is 0 Å². The molecule has 128 valence electrons. The summed E-state index contributed by atoms with van der Waals surface area (Å²) in [5, 5.41) is 8.94. The lowest BCUT2D eigenvalue weighted by atomic mass is 10.2. The van der Waals surface area contributed by atoms with Crippen LogP contribution in [0.15, 0.2) is 29.2 Å². The summed E-state index contributed by atoms with van der Waals surface area (Å²) in [5.74, 6) is -1.72. The molecule has 0 aromatic heterocycles. The molecule has 0 saturated heterocycles. The van der Waals surface area contributed by atoms with Gasteiger partial charge in [0.1, 0.15) is 6.04 Å². The number of carbonyl (C=O) groups is 2. The van der Waals surface area contributed by atoms with Gasteiger partial charge in [0.05, 0.1) is 11.5 Å². The van der Waals surface area contributed by atoms with E-state index in [1.165, 1.54) is 45.3 Å². The van der Waals surface area contributed by atoms with Gasteiger partial charge in [0.2, 0.25) is 10.0 Å². The maximum Gasteiger partial charge on any atom is 0.326 e. The van der Waals surface area contributed by atoms with Gasteiger partial charge in [-0.15, -0.1) is 0 Å². The summed E-state index contributed by atoms with van der Waals surface area (Å²) in [7, 11) is -0.970. The molecule has 23 heavy (non-hydrogen) atoms. The van der Waals surface area contributed by atoms with Gasteiger partial charge in [-0.3, -0.25) is 4.79 Å². The Labute approximate surface area is 135 Å². The standard InChI is InChI=1S/C14H20N2O6S/c1-10(14(18)19)16(2)13(17)11-5-4-6-12(9-11)23(20,21)15-7-8-22-3/h4-6,9-10,15H,7-8H2,1-3H3,(H,18,19). The Morgan fingerprint density at radius 3 is 2.61 bits per heavy atom. The van der Waals surface area contributed by atoms with Gasteiger partial charge >= 0.3 is 5.97 Å². The second-order valence-electron chi connectivity index (χ2n) is 4.85. The van der Waals surface area contributed by atoms with E-state index < -0.39 is 27.9 Å². The third-order valence-corrected chi connectivity index (χ3v) is 4.71. The van der Waals surface area contributed by atoms with Crippen LogP contribution in [0.5, 0.6) is 0 Å². The van der Waals surface area contributed by atoms with Crippen LogP contribution < -0.4 is 4.72 Å². The van der Waals surface area contributed by atoms with Crippen LogP contribution in [0, 0.1) is 0 Å². The highest BCUT2D eigenvalue weighted by Gasteiger charge is 2.24. The Balaban J connectivity index is 3.00. The number of amides is 1. The van der Waals surface area contributed by atoms with Crippen LogP contribution >= 0.6 is 0 Å². The van der Waals surface area contributed by atoms with Crippen molar-refractivity contribution in [1.29, 1.82) is 0 Å². The van der Waals surface area contributed by atoms with Gasteiger partial charge in [0.15, 0.2) is 0 Å². The van der Waals surface area contributed by atoms with Crippen LogP contribution in [-0.4, -0.2) is 63.7 Å². The number of nitrogens with one attached hydrogen (secondary N) is 1. The Morgan fingerprint density at radius 2 is 2.04 bits per heavy atom. The Morgan fingerprint density at radius 1 is 1.39 bits per heavy atom. The Bertz CT molecular complexity index is 674. The van der Waals surface area contributed by atoms with Gasteiger partial charge in [-0.25, -0.2) is 17.9 Å². The first-order chi connectivity index (χ1) is 10.7. The lowest BCUT2D eigenvalue weighted by Crippen LogP contribution is -2.40. The molecular formula is C14H20N2O6S. The molecule has 0 spiro atoms. The van der Waals surface area contributed by atoms with Crippen LogP contribution in [-0.2, 0) is 19.6 Å². The fourth-order valence-corrected chi connectivity index (χ4v) is 2.76. The van der Waals surface area contributed by atoms with Crippen LogP contribution in [0.2, 0.25) is 0 Å². The summed E-state index contributed by atoms with van der Waals surface area (Å²) in [6, 6.07) is 4.40. The molecule has 0 aliphatic heterocycles. The smallest absolute Gasteiger partial charge is 0.326 e. The summed E-state index contributed by atoms with van der Waals surface area (Å²) in [4.78, 5) is 24.2. The number of hydrogen-bond acceptors (Lipinski definition) is 5. The molecule has 1 aromatic carbocycles. The number of carboxylic acid groups (broad SMARTS) is 1. The number of likely N-dealkylation sites (N-methyl/N-ethyl adjacent to an activating group) is 1. The van der Waals surface area contributed by atoms with Crippen LogP contribution in [0.3, 0.4) is 0 Å². The number of carbonyl (C=O) groups excluding carboxylic acids is 1. The van der Waals surface area contributed by atoms with Crippen molar-refractivity contribution in [3.8, 4) is 0 Å². The second-order valence-corrected chi connectivity index (χ2v) is 6.62. The van der Waals surface area contributed by atoms with E-state index in [0.717, 1.165) is 4.90 Å². The van der Waals surface area contributed by atoms with Crippen LogP contribution in [0.25, 0.3) is 0 Å². The highest BCUT2D eigenvalue weighted by atomic mass is 32.2. The molecule has 8 nitrogen and oxygen atoms in total. The monoisotopic (exact) mass is 344 g/mol. The number of nitrogens with zero attached hydrogens (tertiary/aromatic N) is 1. The number of methoxy groups -OCH3 is 1. The molecule has 1 atom stereocenters. The molecule has 0 heterocycles. The normalized spacial score (nSPS) is 12.7. The quantitative estimate of drug-likeness (QED) is 0.649. The van der Waals surface area contributed by atoms with Crippen molar-refractivity contribution in [2.24, 2.45) is 0 Å². The molecular weight excluding hydrogens is 324 g/mol. The molecule has 1 rings (SSSR count). The number of sulfonamides is 1. The van der Waals surface area contributed by atoms with Gasteiger partial charge in [-0.1, -0.05) is 6.07 Å². The number of ether oxygens (including phenoxy) is 1. The fourth-order valence-electron chi connectivity index (χ4n) is 1.70. The summed E-state index contributed by atoms with van der Waals surface area (Å²) >= 11 is 0. The largest absolute Gasteiger partial charge is 0.480 e. The summed E-state index contributed by atoms with van der Waals surface area (Å²) < 4.78 is 31.3. The molecule has 9 heteroatoms. The van der Waals surface area contributed by atoms with Crippen molar-refractivity contribution in [2.75, 3.05) is 27.3 Å². The van der Waals surface area contributed by atoms with E-state index in [1.807, 2.05) is 0 Å². The van der Waals surface area contributed by atoms with Crippen molar-refractivity contribution in [3.05, 3.63) is 29.8 Å². The number of carboxylic acids is 1. The van der Waals surface area contributed by atoms with Gasteiger partial charge in [-0.05, 0) is 25.1 Å². The molecule has 0 aliphatic carbocycles. The maximum absolute atomic E-state index is 12.3. The number of benzene rings is 1. The van der Waals surface area contributed by atoms with E-state index in [1.54, 1.807) is 0 Å². The zero-order valence-electron chi connectivity index (χ0n) is 13.1. The minimum Gasteiger partial charge on any atom is -0.480 e. The molecule has 2 N–H and O–H groups in total. The van der Waals surface area contributed by atoms with E-state index in [9.17, 15) is 18.0 Å². The first kappa shape index (κ1) is 19.1. The number of hydrogen-bond donors (Lipinski definition) is 2. The predicted octanol–water partition coefficient (Wildman–Crippen LogP) is 0.156. The molecule has 0 saturated carbocycles. The highest BCUT2D eigenvalue weighted by Crippen LogP contribution is 2.14. The lowest BCUT2D eigenvalue weighted by molar-refractivity contribution is -0.141. The predicted molar refractivity (Wildman–Crippen MR) is 82.7 cm³/mol. The van der Waals surface area contributed by atoms with Crippen molar-refractivity contribution in [1.82, 2.24) is 9.62 Å². The van der Waals surface area contributed by atoms with Crippen molar-refractivity contribution in [3.63, 3.8) is 0 Å². The van der Waals surface area contributed by atoms with Gasteiger partial charge in [0.25, 0.3) is 5.91 Å². The Hall–Kier alpha value is -1.97. The van der Waals surface area contributed by atoms with Crippen molar-refractivity contribution >= 4 is 21.9 Å². The molecule has 0 fully saturated rings. The summed E-state index contributed by atoms with van der Waals surface area (Å²) in [6.07, 6.45) is 0. The number of rotatable bonds is 8. The first-order valence-corrected chi connectivity index (χ1v) is 8.27. The first-order valence-electron chi connectivity index (χ1n) is 6.79. The highest BCUT2D eigenvalue weighted by molar-refractivity contribution is 7.89. The third kappa shape index (κ3) is 5.02. The van der Waals surface area contributed by atoms with E-state index >= 15 is 0 Å². The third-order valence-electron chi connectivity index (χ3n) is 3.25. The zero-order chi connectivity index (χ0) is 17.6. The van der Waals surface area contributed by atoms with Crippen LogP contribution in [0.4, 0.5) is 0 Å². The SMILES string of the molecule is COCCNS(=O)(=O)c1cccc(C(=O)N(C)C(C)C(=O)O)c1. The molecule has 1 amide bonds. The van der Waals surface area contributed by atoms with E-state index in [-0.39, 0.29) is 23.6 Å². The topological polar surface area (TPSA) is 113 Å². The van der Waals surface area contributed by atoms with Crippen molar-refractivity contribution in [2.45, 2.75) is 17.9 Å². The van der Waals surface area contributed by atoms with Gasteiger partial charge in [0, 0.05) is 26.3 Å². The minimum absolute atomic E-state index is 0.0733. The molecule has 0 aliphatic rings. The average molecular weight is 344 g/mol. The number of aliphatic carboxylic acids is 1. The van der Waals surface area contributed by atoms with E-state index in [4.69, 9.17) is 9.84 Å². The molecule has 1 aromatic rings. The zero-order valence-corrected chi connectivity index (χ0v) is 14.0. The summed E-state index contributed by atoms with van der Waals surface area (Å²) in [5.41, 5.74) is 0.0928. The van der Waals surface area contributed by atoms with Crippen molar-refractivity contribution < 1.29 is 27.9 Å². The second kappa shape index (κ2) is 8.04. The Kier molecular flexibility index (Phi) is 6.67.